The van der Waals surface area contributed by atoms with Crippen molar-refractivity contribution < 1.29 is 9.59 Å². The third-order valence-corrected chi connectivity index (χ3v) is 0.888. The Hall–Kier alpha value is -1.18. The molecular weight excluding hydrogens is 164 g/mol. The van der Waals surface area contributed by atoms with Gasteiger partial charge in [0.25, 0.3) is 0 Å². The first-order valence-corrected chi connectivity index (χ1v) is 3.21. The molecule has 0 aromatic carbocycles. The second-order valence-corrected chi connectivity index (χ2v) is 2.15. The number of hydrogen-bond donors (Lipinski definition) is 0. The van der Waals surface area contributed by atoms with Gasteiger partial charge in [0.15, 0.2) is 11.6 Å². The van der Waals surface area contributed by atoms with E-state index in [2.05, 4.69) is 13.2 Å². The Morgan fingerprint density at radius 1 is 1.08 bits per heavy atom. The molecule has 2 nitrogen and oxygen atoms in total. The average molecular weight is 186 g/mol. The van der Waals surface area contributed by atoms with Gasteiger partial charge < -0.3 is 0 Å². The number of ketones is 2. The lowest BCUT2D eigenvalue weighted by atomic mass is 10.3. The van der Waals surface area contributed by atoms with Gasteiger partial charge in [-0.05, 0) is 32.4 Å². The fraction of sp³-hybridized carbons (Fsp3) is 0.455. The summed E-state index contributed by atoms with van der Waals surface area (Å²) in [5, 5.41) is 0. The summed E-state index contributed by atoms with van der Waals surface area (Å²) in [6, 6.07) is 0. The van der Waals surface area contributed by atoms with Crippen molar-refractivity contribution in [2.45, 2.75) is 35.6 Å². The van der Waals surface area contributed by atoms with E-state index < -0.39 is 0 Å². The maximum atomic E-state index is 10.0. The molecule has 0 unspecified atom stereocenters. The summed E-state index contributed by atoms with van der Waals surface area (Å²) < 4.78 is 0. The van der Waals surface area contributed by atoms with Crippen LogP contribution in [0, 0.1) is 0 Å². The standard InChI is InChI=1S/C5H8O.C4H6O.2CH4/c1-4(2)5(3)6;1-3-4(2)5;;/h1H2,2-3H3;3H,1H2,2H3;2*1H4. The van der Waals surface area contributed by atoms with E-state index in [-0.39, 0.29) is 26.4 Å². The molecule has 0 aliphatic rings. The zero-order valence-corrected chi connectivity index (χ0v) is 7.31. The van der Waals surface area contributed by atoms with Crippen molar-refractivity contribution >= 4 is 11.6 Å². The highest BCUT2D eigenvalue weighted by molar-refractivity contribution is 5.91. The summed E-state index contributed by atoms with van der Waals surface area (Å²) >= 11 is 0. The minimum Gasteiger partial charge on any atom is -0.295 e. The largest absolute Gasteiger partial charge is 0.295 e. The molecule has 0 saturated heterocycles. The van der Waals surface area contributed by atoms with Gasteiger partial charge in [0.05, 0.1) is 0 Å². The second kappa shape index (κ2) is 13.4. The summed E-state index contributed by atoms with van der Waals surface area (Å²) in [6.07, 6.45) is 1.28. The quantitative estimate of drug-likeness (QED) is 0.621. The summed E-state index contributed by atoms with van der Waals surface area (Å²) in [6.45, 7) is 11.3. The number of hydrogen-bond acceptors (Lipinski definition) is 2. The highest BCUT2D eigenvalue weighted by Gasteiger charge is 1.85. The Balaban J connectivity index is -0.0000000546. The summed E-state index contributed by atoms with van der Waals surface area (Å²) in [7, 11) is 0. The van der Waals surface area contributed by atoms with Gasteiger partial charge in [-0.15, -0.1) is 0 Å². The molecular formula is C11H22O2. The Morgan fingerprint density at radius 3 is 1.23 bits per heavy atom. The summed E-state index contributed by atoms with van der Waals surface area (Å²) in [4.78, 5) is 19.7. The van der Waals surface area contributed by atoms with Crippen LogP contribution < -0.4 is 0 Å². The van der Waals surface area contributed by atoms with Crippen LogP contribution in [-0.4, -0.2) is 11.6 Å². The van der Waals surface area contributed by atoms with E-state index in [4.69, 9.17) is 0 Å². The fourth-order valence-corrected chi connectivity index (χ4v) is 0. The minimum atomic E-state index is 0. The van der Waals surface area contributed by atoms with Crippen molar-refractivity contribution in [1.82, 2.24) is 0 Å². The first-order valence-electron chi connectivity index (χ1n) is 3.21. The molecule has 2 heteroatoms. The number of Topliss-reactive ketones (excluding diaryl/α,β-unsaturated/α-hetero) is 1. The van der Waals surface area contributed by atoms with Gasteiger partial charge in [0.2, 0.25) is 0 Å². The van der Waals surface area contributed by atoms with Gasteiger partial charge in [-0.1, -0.05) is 28.0 Å². The van der Waals surface area contributed by atoms with Crippen LogP contribution in [0.15, 0.2) is 24.8 Å². The van der Waals surface area contributed by atoms with Gasteiger partial charge in [-0.3, -0.25) is 9.59 Å². The minimum absolute atomic E-state index is 0. The first kappa shape index (κ1) is 22.6. The lowest BCUT2D eigenvalue weighted by Gasteiger charge is -1.80. The first-order chi connectivity index (χ1) is 4.91. The normalized spacial score (nSPS) is 6.08. The van der Waals surface area contributed by atoms with Crippen molar-refractivity contribution in [3.63, 3.8) is 0 Å². The summed E-state index contributed by atoms with van der Waals surface area (Å²) in [5.74, 6) is 0.0833. The van der Waals surface area contributed by atoms with Crippen molar-refractivity contribution in [3.8, 4) is 0 Å². The van der Waals surface area contributed by atoms with E-state index in [1.54, 1.807) is 6.92 Å². The van der Waals surface area contributed by atoms with E-state index in [1.165, 1.54) is 19.9 Å². The highest BCUT2D eigenvalue weighted by Crippen LogP contribution is 1.84. The molecule has 0 heterocycles. The molecule has 0 atom stereocenters. The number of rotatable bonds is 2. The molecule has 0 rings (SSSR count). The van der Waals surface area contributed by atoms with Crippen LogP contribution in [0.2, 0.25) is 0 Å². The molecule has 0 spiro atoms. The molecule has 0 N–H and O–H groups in total. The van der Waals surface area contributed by atoms with Crippen LogP contribution in [0.25, 0.3) is 0 Å². The Morgan fingerprint density at radius 2 is 1.23 bits per heavy atom. The molecule has 0 aliphatic carbocycles. The third-order valence-electron chi connectivity index (χ3n) is 0.888. The summed E-state index contributed by atoms with van der Waals surface area (Å²) in [5.41, 5.74) is 0.620. The van der Waals surface area contributed by atoms with Crippen LogP contribution in [0.5, 0.6) is 0 Å². The van der Waals surface area contributed by atoms with Crippen LogP contribution >= 0.6 is 0 Å². The predicted octanol–water partition coefficient (Wildman–Crippen LogP) is 3.19. The van der Waals surface area contributed by atoms with E-state index >= 15 is 0 Å². The Kier molecular flexibility index (Phi) is 23.3. The van der Waals surface area contributed by atoms with E-state index in [9.17, 15) is 9.59 Å². The predicted molar refractivity (Wildman–Crippen MR) is 59.8 cm³/mol. The van der Waals surface area contributed by atoms with Gasteiger partial charge in [0, 0.05) is 0 Å². The van der Waals surface area contributed by atoms with Gasteiger partial charge in [0.1, 0.15) is 0 Å². The van der Waals surface area contributed by atoms with Crippen LogP contribution in [0.4, 0.5) is 0 Å². The number of allylic oxidation sites excluding steroid dienone is 2. The van der Waals surface area contributed by atoms with Gasteiger partial charge in [-0.25, -0.2) is 0 Å². The highest BCUT2D eigenvalue weighted by atomic mass is 16.1. The average Bonchev–Trinajstić information content (AvgIpc) is 1.89. The molecule has 0 bridgehead atoms. The van der Waals surface area contributed by atoms with Crippen LogP contribution in [0.3, 0.4) is 0 Å². The van der Waals surface area contributed by atoms with Crippen molar-refractivity contribution in [2.24, 2.45) is 0 Å². The molecule has 0 radical (unpaired) electrons. The molecule has 0 saturated carbocycles. The molecule has 0 aromatic heterocycles. The van der Waals surface area contributed by atoms with E-state index in [1.807, 2.05) is 0 Å². The molecule has 0 amide bonds. The maximum absolute atomic E-state index is 10.0. The molecule has 0 aliphatic heterocycles. The molecule has 13 heavy (non-hydrogen) atoms. The van der Waals surface area contributed by atoms with Gasteiger partial charge in [-0.2, -0.15) is 0 Å². The second-order valence-electron chi connectivity index (χ2n) is 2.15. The third kappa shape index (κ3) is 36.2. The van der Waals surface area contributed by atoms with Crippen molar-refractivity contribution in [1.29, 1.82) is 0 Å². The Labute approximate surface area is 82.4 Å². The van der Waals surface area contributed by atoms with Crippen molar-refractivity contribution in [3.05, 3.63) is 24.8 Å². The lowest BCUT2D eigenvalue weighted by molar-refractivity contribution is -0.114. The number of carbonyl (C=O) groups excluding carboxylic acids is 2. The molecule has 78 valence electrons. The maximum Gasteiger partial charge on any atom is 0.154 e. The molecule has 0 fully saturated rings. The van der Waals surface area contributed by atoms with Crippen LogP contribution in [0.1, 0.15) is 35.6 Å². The van der Waals surface area contributed by atoms with Gasteiger partial charge >= 0.3 is 0 Å². The topological polar surface area (TPSA) is 34.1 Å². The SMILES string of the molecule is C.C.C=C(C)C(C)=O.C=CC(C)=O. The smallest absolute Gasteiger partial charge is 0.154 e. The van der Waals surface area contributed by atoms with Crippen molar-refractivity contribution in [2.75, 3.05) is 0 Å². The molecule has 0 aromatic rings. The monoisotopic (exact) mass is 186 g/mol. The zero-order chi connectivity index (χ0) is 9.44. The fourth-order valence-electron chi connectivity index (χ4n) is 0. The number of carbonyl (C=O) groups is 2. The van der Waals surface area contributed by atoms with Crippen LogP contribution in [-0.2, 0) is 9.59 Å². The van der Waals surface area contributed by atoms with E-state index in [0.717, 1.165) is 0 Å². The zero-order valence-electron chi connectivity index (χ0n) is 7.31. The lowest BCUT2D eigenvalue weighted by Crippen LogP contribution is -1.86. The van der Waals surface area contributed by atoms with E-state index in [0.29, 0.717) is 5.57 Å². The Bertz CT molecular complexity index is 167.